The maximum atomic E-state index is 12.2. The Labute approximate surface area is 188 Å². The van der Waals surface area contributed by atoms with Gasteiger partial charge in [0.2, 0.25) is 0 Å². The second-order valence-corrected chi connectivity index (χ2v) is 7.14. The van der Waals surface area contributed by atoms with Crippen LogP contribution in [-0.2, 0) is 27.3 Å². The Morgan fingerprint density at radius 2 is 1.62 bits per heavy atom. The Morgan fingerprint density at radius 3 is 2.12 bits per heavy atom. The van der Waals surface area contributed by atoms with Crippen molar-refractivity contribution in [3.05, 3.63) is 47.5 Å². The third kappa shape index (κ3) is 6.62. The van der Waals surface area contributed by atoms with Gasteiger partial charge in [-0.05, 0) is 35.2 Å². The Balaban J connectivity index is 2.22. The number of ether oxygens (including phenoxy) is 4. The summed E-state index contributed by atoms with van der Waals surface area (Å²) in [6.07, 6.45) is 1.25. The van der Waals surface area contributed by atoms with E-state index in [1.54, 1.807) is 26.4 Å². The van der Waals surface area contributed by atoms with Gasteiger partial charge in [-0.15, -0.1) is 0 Å². The summed E-state index contributed by atoms with van der Waals surface area (Å²) in [5.41, 5.74) is 3.09. The average molecular weight is 446 g/mol. The number of hydrogen-bond donors (Lipinski definition) is 2. The number of rotatable bonds is 11. The normalized spacial score (nSPS) is 11.4. The fourth-order valence-corrected chi connectivity index (χ4v) is 3.21. The molecule has 174 valence electrons. The fraction of sp³-hybridized carbons (Fsp3) is 0.417. The van der Waals surface area contributed by atoms with Gasteiger partial charge in [0.25, 0.3) is 0 Å². The first kappa shape index (κ1) is 25.0. The minimum Gasteiger partial charge on any atom is -0.496 e. The zero-order valence-corrected chi connectivity index (χ0v) is 19.0. The fourth-order valence-electron chi connectivity index (χ4n) is 3.21. The van der Waals surface area contributed by atoms with Gasteiger partial charge < -0.3 is 29.4 Å². The number of hydrogen-bond acceptors (Lipinski definition) is 7. The Bertz CT molecular complexity index is 871. The molecule has 8 nitrogen and oxygen atoms in total. The van der Waals surface area contributed by atoms with Crippen molar-refractivity contribution in [1.29, 1.82) is 0 Å². The van der Waals surface area contributed by atoms with Gasteiger partial charge in [-0.3, -0.25) is 0 Å². The summed E-state index contributed by atoms with van der Waals surface area (Å²) in [7, 11) is 4.39. The molecule has 2 aromatic carbocycles. The van der Waals surface area contributed by atoms with Crippen molar-refractivity contribution in [3.63, 3.8) is 0 Å². The zero-order valence-electron chi connectivity index (χ0n) is 19.0. The van der Waals surface area contributed by atoms with Crippen LogP contribution in [0.25, 0.3) is 11.1 Å². The number of aliphatic hydroxyl groups excluding tert-OH is 1. The number of nitrogens with one attached hydrogen (secondary N) is 1. The van der Waals surface area contributed by atoms with E-state index in [9.17, 15) is 14.7 Å². The van der Waals surface area contributed by atoms with E-state index in [1.807, 2.05) is 31.2 Å². The first-order valence-corrected chi connectivity index (χ1v) is 10.4. The van der Waals surface area contributed by atoms with E-state index < -0.39 is 18.1 Å². The van der Waals surface area contributed by atoms with Crippen LogP contribution in [0.3, 0.4) is 0 Å². The number of aliphatic hydroxyl groups is 1. The second-order valence-electron chi connectivity index (χ2n) is 7.14. The smallest absolute Gasteiger partial charge is 0.407 e. The summed E-state index contributed by atoms with van der Waals surface area (Å²) < 4.78 is 20.9. The second kappa shape index (κ2) is 12.6. The SMILES string of the molecule is CCCCOC(=O)NC(Cc1ccc(-c2c(OC)cc(CO)cc2OC)cc1)C(=O)OC. The van der Waals surface area contributed by atoms with E-state index in [4.69, 9.17) is 18.9 Å². The molecule has 0 saturated heterocycles. The topological polar surface area (TPSA) is 103 Å². The summed E-state index contributed by atoms with van der Waals surface area (Å²) in [6, 6.07) is 10.1. The molecule has 1 atom stereocenters. The van der Waals surface area contributed by atoms with Gasteiger partial charge >= 0.3 is 12.1 Å². The first-order valence-electron chi connectivity index (χ1n) is 10.4. The highest BCUT2D eigenvalue weighted by atomic mass is 16.6. The summed E-state index contributed by atoms with van der Waals surface area (Å²) in [4.78, 5) is 24.1. The van der Waals surface area contributed by atoms with E-state index in [-0.39, 0.29) is 13.0 Å². The highest BCUT2D eigenvalue weighted by molar-refractivity contribution is 5.82. The van der Waals surface area contributed by atoms with Crippen LogP contribution in [-0.4, -0.2) is 51.1 Å². The van der Waals surface area contributed by atoms with Crippen molar-refractivity contribution in [2.75, 3.05) is 27.9 Å². The first-order chi connectivity index (χ1) is 15.5. The highest BCUT2D eigenvalue weighted by Crippen LogP contribution is 2.39. The quantitative estimate of drug-likeness (QED) is 0.403. The van der Waals surface area contributed by atoms with Crippen LogP contribution >= 0.6 is 0 Å². The van der Waals surface area contributed by atoms with Crippen LogP contribution in [0.15, 0.2) is 36.4 Å². The van der Waals surface area contributed by atoms with Gasteiger partial charge in [0.05, 0.1) is 40.1 Å². The lowest BCUT2D eigenvalue weighted by molar-refractivity contribution is -0.143. The Hall–Kier alpha value is -3.26. The minimum absolute atomic E-state index is 0.130. The molecule has 0 aromatic heterocycles. The third-order valence-electron chi connectivity index (χ3n) is 4.94. The number of alkyl carbamates (subject to hydrolysis) is 1. The van der Waals surface area contributed by atoms with E-state index in [1.165, 1.54) is 7.11 Å². The van der Waals surface area contributed by atoms with Crippen LogP contribution in [0.1, 0.15) is 30.9 Å². The zero-order chi connectivity index (χ0) is 23.5. The molecule has 0 aliphatic rings. The summed E-state index contributed by atoms with van der Waals surface area (Å²) in [5.74, 6) is 0.597. The highest BCUT2D eigenvalue weighted by Gasteiger charge is 2.23. The van der Waals surface area contributed by atoms with Crippen molar-refractivity contribution >= 4 is 12.1 Å². The number of unbranched alkanes of at least 4 members (excludes halogenated alkanes) is 1. The van der Waals surface area contributed by atoms with Crippen LogP contribution in [0.4, 0.5) is 4.79 Å². The number of methoxy groups -OCH3 is 3. The monoisotopic (exact) mass is 445 g/mol. The standard InChI is InChI=1S/C24H31NO7/c1-5-6-11-32-24(28)25-19(23(27)31-4)12-16-7-9-18(10-8-16)22-20(29-2)13-17(15-26)14-21(22)30-3/h7-10,13-14,19,26H,5-6,11-12,15H2,1-4H3,(H,25,28). The molecule has 2 aromatic rings. The molecule has 0 aliphatic carbocycles. The van der Waals surface area contributed by atoms with Crippen molar-refractivity contribution in [2.45, 2.75) is 38.8 Å². The molecule has 0 bridgehead atoms. The third-order valence-corrected chi connectivity index (χ3v) is 4.94. The number of carbonyl (C=O) groups excluding carboxylic acids is 2. The summed E-state index contributed by atoms with van der Waals surface area (Å²) in [6.45, 7) is 2.16. The largest absolute Gasteiger partial charge is 0.496 e. The molecule has 0 spiro atoms. The van der Waals surface area contributed by atoms with Gasteiger partial charge in [-0.25, -0.2) is 9.59 Å². The molecule has 1 amide bonds. The van der Waals surface area contributed by atoms with E-state index in [0.717, 1.165) is 29.5 Å². The lowest BCUT2D eigenvalue weighted by Crippen LogP contribution is -2.43. The number of amides is 1. The lowest BCUT2D eigenvalue weighted by Gasteiger charge is -2.18. The molecule has 0 aliphatic heterocycles. The van der Waals surface area contributed by atoms with Gasteiger partial charge in [0.1, 0.15) is 17.5 Å². The molecule has 8 heteroatoms. The van der Waals surface area contributed by atoms with Crippen LogP contribution in [0, 0.1) is 0 Å². The lowest BCUT2D eigenvalue weighted by atomic mass is 9.98. The predicted octanol–water partition coefficient (Wildman–Crippen LogP) is 3.47. The van der Waals surface area contributed by atoms with Crippen molar-refractivity contribution in [2.24, 2.45) is 0 Å². The maximum absolute atomic E-state index is 12.2. The van der Waals surface area contributed by atoms with Gasteiger partial charge in [0, 0.05) is 6.42 Å². The number of benzene rings is 2. The molecule has 0 saturated carbocycles. The van der Waals surface area contributed by atoms with Gasteiger partial charge in [0.15, 0.2) is 0 Å². The number of carbonyl (C=O) groups is 2. The summed E-state index contributed by atoms with van der Waals surface area (Å²) in [5, 5.41) is 12.0. The Kier molecular flexibility index (Phi) is 9.81. The van der Waals surface area contributed by atoms with Gasteiger partial charge in [-0.2, -0.15) is 0 Å². The van der Waals surface area contributed by atoms with Crippen molar-refractivity contribution in [1.82, 2.24) is 5.32 Å². The Morgan fingerprint density at radius 1 is 1.00 bits per heavy atom. The molecular formula is C24H31NO7. The molecule has 1 unspecified atom stereocenters. The molecular weight excluding hydrogens is 414 g/mol. The molecule has 0 heterocycles. The van der Waals surface area contributed by atoms with E-state index >= 15 is 0 Å². The molecule has 0 radical (unpaired) electrons. The molecule has 2 rings (SSSR count). The predicted molar refractivity (Wildman–Crippen MR) is 120 cm³/mol. The van der Waals surface area contributed by atoms with Crippen molar-refractivity contribution < 1.29 is 33.6 Å². The summed E-state index contributed by atoms with van der Waals surface area (Å²) >= 11 is 0. The van der Waals surface area contributed by atoms with Gasteiger partial charge in [-0.1, -0.05) is 37.6 Å². The van der Waals surface area contributed by atoms with Crippen LogP contribution in [0.2, 0.25) is 0 Å². The van der Waals surface area contributed by atoms with Crippen LogP contribution in [0.5, 0.6) is 11.5 Å². The molecule has 32 heavy (non-hydrogen) atoms. The minimum atomic E-state index is -0.868. The molecule has 0 fully saturated rings. The maximum Gasteiger partial charge on any atom is 0.407 e. The van der Waals surface area contributed by atoms with E-state index in [2.05, 4.69) is 5.32 Å². The van der Waals surface area contributed by atoms with E-state index in [0.29, 0.717) is 23.7 Å². The number of esters is 1. The average Bonchev–Trinajstić information content (AvgIpc) is 2.82. The van der Waals surface area contributed by atoms with Crippen LogP contribution < -0.4 is 14.8 Å². The molecule has 2 N–H and O–H groups in total. The van der Waals surface area contributed by atoms with Crippen molar-refractivity contribution in [3.8, 4) is 22.6 Å².